The van der Waals surface area contributed by atoms with Gasteiger partial charge in [-0.15, -0.1) is 0 Å². The lowest BCUT2D eigenvalue weighted by molar-refractivity contribution is -0.132. The molecule has 1 amide bonds. The van der Waals surface area contributed by atoms with Crippen LogP contribution < -0.4 is 5.32 Å². The Kier molecular flexibility index (Phi) is 5.54. The SMILES string of the molecule is N#CCN(Cc1ccccc1)C(=O)CN1CCNCC1. The van der Waals surface area contributed by atoms with Gasteiger partial charge < -0.3 is 10.2 Å². The van der Waals surface area contributed by atoms with Crippen molar-refractivity contribution in [2.45, 2.75) is 6.54 Å². The highest BCUT2D eigenvalue weighted by Gasteiger charge is 2.18. The summed E-state index contributed by atoms with van der Waals surface area (Å²) in [7, 11) is 0. The van der Waals surface area contributed by atoms with E-state index < -0.39 is 0 Å². The van der Waals surface area contributed by atoms with Gasteiger partial charge in [-0.05, 0) is 5.56 Å². The molecule has 106 valence electrons. The Morgan fingerprint density at radius 3 is 2.65 bits per heavy atom. The zero-order chi connectivity index (χ0) is 14.2. The first-order valence-electron chi connectivity index (χ1n) is 6.91. The topological polar surface area (TPSA) is 59.4 Å². The van der Waals surface area contributed by atoms with Crippen LogP contribution in [0.4, 0.5) is 0 Å². The fraction of sp³-hybridized carbons (Fsp3) is 0.467. The second-order valence-electron chi connectivity index (χ2n) is 4.92. The van der Waals surface area contributed by atoms with Crippen LogP contribution in [0, 0.1) is 11.3 Å². The molecular formula is C15H20N4O. The molecule has 1 N–H and O–H groups in total. The molecule has 1 aromatic carbocycles. The second kappa shape index (κ2) is 7.63. The number of nitrogens with zero attached hydrogens (tertiary/aromatic N) is 3. The maximum Gasteiger partial charge on any atom is 0.237 e. The molecule has 0 bridgehead atoms. The number of nitrogens with one attached hydrogen (secondary N) is 1. The van der Waals surface area contributed by atoms with Crippen molar-refractivity contribution in [2.24, 2.45) is 0 Å². The third kappa shape index (κ3) is 4.34. The van der Waals surface area contributed by atoms with Crippen LogP contribution in [0.15, 0.2) is 30.3 Å². The van der Waals surface area contributed by atoms with Crippen molar-refractivity contribution in [1.29, 1.82) is 5.26 Å². The van der Waals surface area contributed by atoms with Crippen LogP contribution in [-0.4, -0.2) is 55.0 Å². The van der Waals surface area contributed by atoms with E-state index in [-0.39, 0.29) is 12.5 Å². The third-order valence-corrected chi connectivity index (χ3v) is 3.40. The van der Waals surface area contributed by atoms with E-state index in [0.717, 1.165) is 31.7 Å². The summed E-state index contributed by atoms with van der Waals surface area (Å²) in [4.78, 5) is 16.1. The van der Waals surface area contributed by atoms with Gasteiger partial charge in [-0.2, -0.15) is 5.26 Å². The number of hydrogen-bond donors (Lipinski definition) is 1. The van der Waals surface area contributed by atoms with E-state index >= 15 is 0 Å². The van der Waals surface area contributed by atoms with Crippen LogP contribution >= 0.6 is 0 Å². The summed E-state index contributed by atoms with van der Waals surface area (Å²) >= 11 is 0. The van der Waals surface area contributed by atoms with Crippen molar-refractivity contribution in [3.63, 3.8) is 0 Å². The molecule has 0 radical (unpaired) electrons. The standard InChI is InChI=1S/C15H20N4O/c16-6-9-19(12-14-4-2-1-3-5-14)15(20)13-18-10-7-17-8-11-18/h1-5,17H,7-13H2. The second-order valence-corrected chi connectivity index (χ2v) is 4.92. The lowest BCUT2D eigenvalue weighted by atomic mass is 10.2. The Morgan fingerprint density at radius 2 is 2.00 bits per heavy atom. The molecule has 5 nitrogen and oxygen atoms in total. The van der Waals surface area contributed by atoms with E-state index in [1.54, 1.807) is 4.90 Å². The molecule has 2 rings (SSSR count). The van der Waals surface area contributed by atoms with E-state index in [1.807, 2.05) is 30.3 Å². The monoisotopic (exact) mass is 272 g/mol. The summed E-state index contributed by atoms with van der Waals surface area (Å²) in [6.45, 7) is 4.65. The van der Waals surface area contributed by atoms with Gasteiger partial charge in [-0.1, -0.05) is 30.3 Å². The molecule has 0 saturated carbocycles. The van der Waals surface area contributed by atoms with Crippen molar-refractivity contribution >= 4 is 5.91 Å². The number of carbonyl (C=O) groups is 1. The average Bonchev–Trinajstić information content (AvgIpc) is 2.49. The van der Waals surface area contributed by atoms with Crippen LogP contribution in [-0.2, 0) is 11.3 Å². The van der Waals surface area contributed by atoms with Gasteiger partial charge in [0.1, 0.15) is 6.54 Å². The molecule has 0 aromatic heterocycles. The van der Waals surface area contributed by atoms with Gasteiger partial charge in [0, 0.05) is 32.7 Å². The van der Waals surface area contributed by atoms with Crippen molar-refractivity contribution in [2.75, 3.05) is 39.3 Å². The Balaban J connectivity index is 1.93. The lowest BCUT2D eigenvalue weighted by Gasteiger charge is -2.29. The number of benzene rings is 1. The van der Waals surface area contributed by atoms with E-state index in [9.17, 15) is 4.79 Å². The number of nitriles is 1. The minimum Gasteiger partial charge on any atom is -0.324 e. The van der Waals surface area contributed by atoms with Crippen LogP contribution in [0.1, 0.15) is 5.56 Å². The largest absolute Gasteiger partial charge is 0.324 e. The summed E-state index contributed by atoms with van der Waals surface area (Å²) in [5.74, 6) is 0.0253. The van der Waals surface area contributed by atoms with Gasteiger partial charge in [-0.3, -0.25) is 9.69 Å². The molecule has 5 heteroatoms. The van der Waals surface area contributed by atoms with E-state index in [1.165, 1.54) is 0 Å². The van der Waals surface area contributed by atoms with Gasteiger partial charge in [0.05, 0.1) is 12.6 Å². The number of piperazine rings is 1. The fourth-order valence-electron chi connectivity index (χ4n) is 2.28. The Morgan fingerprint density at radius 1 is 1.30 bits per heavy atom. The van der Waals surface area contributed by atoms with Gasteiger partial charge in [-0.25, -0.2) is 0 Å². The molecule has 1 aliphatic heterocycles. The van der Waals surface area contributed by atoms with Gasteiger partial charge in [0.15, 0.2) is 0 Å². The van der Waals surface area contributed by atoms with E-state index in [4.69, 9.17) is 5.26 Å². The molecule has 1 saturated heterocycles. The Hall–Kier alpha value is -1.90. The summed E-state index contributed by atoms with van der Waals surface area (Å²) in [5, 5.41) is 12.2. The number of rotatable bonds is 5. The van der Waals surface area contributed by atoms with Crippen LogP contribution in [0.5, 0.6) is 0 Å². The van der Waals surface area contributed by atoms with Crippen molar-refractivity contribution in [3.8, 4) is 6.07 Å². The predicted molar refractivity (Wildman–Crippen MR) is 76.8 cm³/mol. The number of amides is 1. The average molecular weight is 272 g/mol. The van der Waals surface area contributed by atoms with Gasteiger partial charge in [0.25, 0.3) is 0 Å². The molecular weight excluding hydrogens is 252 g/mol. The van der Waals surface area contributed by atoms with Crippen LogP contribution in [0.3, 0.4) is 0 Å². The molecule has 20 heavy (non-hydrogen) atoms. The Bertz CT molecular complexity index is 463. The maximum atomic E-state index is 12.3. The highest BCUT2D eigenvalue weighted by molar-refractivity contribution is 5.78. The predicted octanol–water partition coefficient (Wildman–Crippen LogP) is 0.444. The molecule has 1 fully saturated rings. The molecule has 0 spiro atoms. The number of hydrogen-bond acceptors (Lipinski definition) is 4. The van der Waals surface area contributed by atoms with Crippen molar-refractivity contribution < 1.29 is 4.79 Å². The van der Waals surface area contributed by atoms with Crippen LogP contribution in [0.25, 0.3) is 0 Å². The smallest absolute Gasteiger partial charge is 0.237 e. The van der Waals surface area contributed by atoms with E-state index in [0.29, 0.717) is 13.1 Å². The minimum atomic E-state index is 0.0253. The first-order valence-corrected chi connectivity index (χ1v) is 6.91. The molecule has 1 heterocycles. The molecule has 0 aliphatic carbocycles. The molecule has 1 aliphatic rings. The molecule has 0 unspecified atom stereocenters. The summed E-state index contributed by atoms with van der Waals surface area (Å²) in [6, 6.07) is 11.9. The maximum absolute atomic E-state index is 12.3. The van der Waals surface area contributed by atoms with Crippen molar-refractivity contribution in [1.82, 2.24) is 15.1 Å². The highest BCUT2D eigenvalue weighted by Crippen LogP contribution is 2.05. The summed E-state index contributed by atoms with van der Waals surface area (Å²) in [5.41, 5.74) is 1.05. The quantitative estimate of drug-likeness (QED) is 0.790. The highest BCUT2D eigenvalue weighted by atomic mass is 16.2. The minimum absolute atomic E-state index is 0.0253. The normalized spacial score (nSPS) is 15.6. The number of carbonyl (C=O) groups excluding carboxylic acids is 1. The fourth-order valence-corrected chi connectivity index (χ4v) is 2.28. The lowest BCUT2D eigenvalue weighted by Crippen LogP contribution is -2.48. The van der Waals surface area contributed by atoms with Crippen molar-refractivity contribution in [3.05, 3.63) is 35.9 Å². The first-order chi connectivity index (χ1) is 9.79. The zero-order valence-corrected chi connectivity index (χ0v) is 11.6. The van der Waals surface area contributed by atoms with Gasteiger partial charge >= 0.3 is 0 Å². The molecule has 0 atom stereocenters. The third-order valence-electron chi connectivity index (χ3n) is 3.40. The van der Waals surface area contributed by atoms with Crippen LogP contribution in [0.2, 0.25) is 0 Å². The van der Waals surface area contributed by atoms with Gasteiger partial charge in [0.2, 0.25) is 5.91 Å². The zero-order valence-electron chi connectivity index (χ0n) is 11.6. The molecule has 1 aromatic rings. The summed E-state index contributed by atoms with van der Waals surface area (Å²) in [6.07, 6.45) is 0. The first kappa shape index (κ1) is 14.5. The Labute approximate surface area is 119 Å². The van der Waals surface area contributed by atoms with E-state index in [2.05, 4.69) is 16.3 Å². The summed E-state index contributed by atoms with van der Waals surface area (Å²) < 4.78 is 0.